The minimum absolute atomic E-state index is 0.0531. The lowest BCUT2D eigenvalue weighted by Crippen LogP contribution is -2.40. The number of hydrogen-bond donors (Lipinski definition) is 3. The quantitative estimate of drug-likeness (QED) is 0.462. The Morgan fingerprint density at radius 3 is 2.34 bits per heavy atom. The smallest absolute Gasteiger partial charge is 0.332 e. The molecule has 0 radical (unpaired) electrons. The Balaban J connectivity index is 0.000000237. The monoisotopic (exact) mass is 521 g/mol. The van der Waals surface area contributed by atoms with Crippen LogP contribution in [0.5, 0.6) is 0 Å². The molecule has 188 valence electrons. The summed E-state index contributed by atoms with van der Waals surface area (Å²) in [5.74, 6) is -3.30. The summed E-state index contributed by atoms with van der Waals surface area (Å²) in [4.78, 5) is 27.1. The first-order valence-electron chi connectivity index (χ1n) is 11.3. The summed E-state index contributed by atoms with van der Waals surface area (Å²) in [6.07, 6.45) is 10.7. The van der Waals surface area contributed by atoms with E-state index in [9.17, 15) is 24.9 Å². The van der Waals surface area contributed by atoms with Crippen LogP contribution < -0.4 is 0 Å². The van der Waals surface area contributed by atoms with Crippen molar-refractivity contribution in [3.05, 3.63) is 70.8 Å². The van der Waals surface area contributed by atoms with Crippen molar-refractivity contribution in [2.24, 2.45) is 11.3 Å². The van der Waals surface area contributed by atoms with Gasteiger partial charge < -0.3 is 15.3 Å². The molecule has 1 fully saturated rings. The fourth-order valence-electron chi connectivity index (χ4n) is 4.69. The number of aromatic nitrogens is 3. The molecule has 2 atom stereocenters. The molecular formula is C25H29Cl2N3O5. The molecule has 2 aliphatic rings. The topological polar surface area (TPSA) is 126 Å². The average molecular weight is 522 g/mol. The number of nitrogens with zero attached hydrogens (tertiary/aromatic N) is 3. The van der Waals surface area contributed by atoms with Crippen molar-refractivity contribution in [2.75, 3.05) is 5.88 Å². The van der Waals surface area contributed by atoms with Gasteiger partial charge in [0.25, 0.3) is 0 Å². The molecule has 35 heavy (non-hydrogen) atoms. The number of carboxylic acids is 2. The Morgan fingerprint density at radius 2 is 1.83 bits per heavy atom. The zero-order valence-corrected chi connectivity index (χ0v) is 20.9. The Labute approximate surface area is 213 Å². The van der Waals surface area contributed by atoms with Crippen molar-refractivity contribution in [1.82, 2.24) is 14.8 Å². The van der Waals surface area contributed by atoms with E-state index in [1.165, 1.54) is 12.4 Å². The van der Waals surface area contributed by atoms with Crippen LogP contribution in [0, 0.1) is 11.3 Å². The molecule has 0 aliphatic heterocycles. The van der Waals surface area contributed by atoms with Gasteiger partial charge in [-0.1, -0.05) is 55.7 Å². The van der Waals surface area contributed by atoms with E-state index in [1.54, 1.807) is 36.1 Å². The van der Waals surface area contributed by atoms with Crippen molar-refractivity contribution < 1.29 is 24.9 Å². The summed E-state index contributed by atoms with van der Waals surface area (Å²) in [7, 11) is 0. The molecule has 2 aromatic rings. The highest BCUT2D eigenvalue weighted by atomic mass is 35.5. The molecule has 1 heterocycles. The highest BCUT2D eigenvalue weighted by Gasteiger charge is 2.46. The maximum atomic E-state index is 11.8. The number of hydrogen-bond acceptors (Lipinski definition) is 5. The van der Waals surface area contributed by atoms with Gasteiger partial charge in [0.2, 0.25) is 0 Å². The van der Waals surface area contributed by atoms with Gasteiger partial charge in [-0.15, -0.1) is 11.6 Å². The third-order valence-electron chi connectivity index (χ3n) is 6.59. The van der Waals surface area contributed by atoms with Crippen LogP contribution in [-0.2, 0) is 22.6 Å². The molecule has 0 amide bonds. The van der Waals surface area contributed by atoms with Gasteiger partial charge in [0.05, 0.1) is 18.1 Å². The second kappa shape index (κ2) is 11.4. The molecular weight excluding hydrogens is 493 g/mol. The van der Waals surface area contributed by atoms with Crippen molar-refractivity contribution in [3.8, 4) is 0 Å². The van der Waals surface area contributed by atoms with E-state index in [0.29, 0.717) is 23.6 Å². The molecule has 0 saturated heterocycles. The molecule has 8 nitrogen and oxygen atoms in total. The van der Waals surface area contributed by atoms with E-state index in [1.807, 2.05) is 12.1 Å². The highest BCUT2D eigenvalue weighted by Crippen LogP contribution is 2.43. The Morgan fingerprint density at radius 1 is 1.17 bits per heavy atom. The number of halogens is 2. The number of alkyl halides is 1. The van der Waals surface area contributed by atoms with Gasteiger partial charge in [0, 0.05) is 21.9 Å². The summed E-state index contributed by atoms with van der Waals surface area (Å²) < 4.78 is 1.70. The Kier molecular flexibility index (Phi) is 8.74. The van der Waals surface area contributed by atoms with E-state index < -0.39 is 28.9 Å². The number of allylic oxidation sites excluding steroid dienone is 2. The number of carbonyl (C=O) groups is 2. The molecule has 1 aromatic carbocycles. The lowest BCUT2D eigenvalue weighted by molar-refractivity contribution is -0.143. The number of aliphatic carboxylic acids is 2. The minimum atomic E-state index is -1.17. The second-order valence-corrected chi connectivity index (χ2v) is 9.96. The summed E-state index contributed by atoms with van der Waals surface area (Å²) in [6, 6.07) is 7.07. The van der Waals surface area contributed by atoms with Crippen molar-refractivity contribution in [1.29, 1.82) is 0 Å². The van der Waals surface area contributed by atoms with Gasteiger partial charge in [0.1, 0.15) is 12.7 Å². The van der Waals surface area contributed by atoms with E-state index in [-0.39, 0.29) is 11.5 Å². The van der Waals surface area contributed by atoms with Gasteiger partial charge in [-0.25, -0.2) is 9.78 Å². The number of aliphatic hydroxyl groups is 1. The summed E-state index contributed by atoms with van der Waals surface area (Å²) >= 11 is 11.8. The molecule has 2 aliphatic carbocycles. The average Bonchev–Trinajstić information content (AvgIpc) is 3.47. The largest absolute Gasteiger partial charge is 0.481 e. The third kappa shape index (κ3) is 6.51. The molecule has 3 N–H and O–H groups in total. The van der Waals surface area contributed by atoms with Crippen molar-refractivity contribution in [2.45, 2.75) is 51.2 Å². The molecule has 0 spiro atoms. The van der Waals surface area contributed by atoms with E-state index in [4.69, 9.17) is 23.2 Å². The van der Waals surface area contributed by atoms with Gasteiger partial charge >= 0.3 is 11.9 Å². The maximum Gasteiger partial charge on any atom is 0.332 e. The fraction of sp³-hybridized carbons (Fsp3) is 0.440. The zero-order valence-electron chi connectivity index (χ0n) is 19.4. The zero-order chi connectivity index (χ0) is 25.6. The Hall–Kier alpha value is -2.68. The van der Waals surface area contributed by atoms with E-state index in [0.717, 1.165) is 31.2 Å². The summed E-state index contributed by atoms with van der Waals surface area (Å²) in [6.45, 7) is 2.17. The predicted octanol–water partition coefficient (Wildman–Crippen LogP) is 4.36. The van der Waals surface area contributed by atoms with Gasteiger partial charge in [-0.05, 0) is 42.5 Å². The first-order valence-corrected chi connectivity index (χ1v) is 12.2. The molecule has 1 aromatic heterocycles. The van der Waals surface area contributed by atoms with Crippen LogP contribution in [0.3, 0.4) is 0 Å². The second-order valence-electron chi connectivity index (χ2n) is 9.26. The maximum absolute atomic E-state index is 11.8. The lowest BCUT2D eigenvalue weighted by atomic mass is 9.67. The van der Waals surface area contributed by atoms with Crippen LogP contribution >= 0.6 is 23.2 Å². The number of rotatable bonds is 7. The number of carboxylic acid groups (broad SMARTS) is 2. The lowest BCUT2D eigenvalue weighted by Gasteiger charge is -2.36. The normalized spacial score (nSPS) is 23.0. The van der Waals surface area contributed by atoms with Gasteiger partial charge in [0.15, 0.2) is 0 Å². The van der Waals surface area contributed by atoms with Crippen LogP contribution in [0.1, 0.15) is 38.2 Å². The molecule has 10 heteroatoms. The summed E-state index contributed by atoms with van der Waals surface area (Å²) in [5, 5.41) is 33.5. The fourth-order valence-corrected chi connectivity index (χ4v) is 5.12. The molecule has 1 saturated carbocycles. The van der Waals surface area contributed by atoms with Crippen molar-refractivity contribution in [3.63, 3.8) is 0 Å². The SMILES string of the molecule is CC1(CCl)C(C(=O)O)=C(Cc2ccc(Cl)cc2)C=CC1C(=O)O.OC1(Cn2cncn2)CCCC1. The van der Waals surface area contributed by atoms with Crippen LogP contribution in [0.4, 0.5) is 0 Å². The van der Waals surface area contributed by atoms with Gasteiger partial charge in [-0.3, -0.25) is 9.48 Å². The number of benzene rings is 1. The van der Waals surface area contributed by atoms with Crippen LogP contribution in [0.2, 0.25) is 5.02 Å². The molecule has 4 rings (SSSR count). The first kappa shape index (κ1) is 26.9. The predicted molar refractivity (Wildman–Crippen MR) is 132 cm³/mol. The first-order chi connectivity index (χ1) is 16.6. The third-order valence-corrected chi connectivity index (χ3v) is 7.40. The van der Waals surface area contributed by atoms with E-state index in [2.05, 4.69) is 10.1 Å². The standard InChI is InChI=1S/C17H16Cl2O4.C8H13N3O/c1-17(9-18)13(15(20)21)7-4-11(14(17)16(22)23)8-10-2-5-12(19)6-3-10;12-8(3-1-2-4-8)5-11-7-9-6-10-11/h2-7,13H,8-9H2,1H3,(H,20,21)(H,22,23);6-7,12H,1-5H2. The highest BCUT2D eigenvalue weighted by molar-refractivity contribution is 6.30. The van der Waals surface area contributed by atoms with E-state index >= 15 is 0 Å². The molecule has 0 bridgehead atoms. The summed E-state index contributed by atoms with van der Waals surface area (Å²) in [5.41, 5.74) is -0.194. The molecule has 2 unspecified atom stereocenters. The van der Waals surface area contributed by atoms with Crippen LogP contribution in [-0.4, -0.2) is 53.5 Å². The van der Waals surface area contributed by atoms with Crippen LogP contribution in [0.15, 0.2) is 60.2 Å². The Bertz CT molecular complexity index is 1090. The van der Waals surface area contributed by atoms with Gasteiger partial charge in [-0.2, -0.15) is 5.10 Å². The minimum Gasteiger partial charge on any atom is -0.481 e. The van der Waals surface area contributed by atoms with Crippen molar-refractivity contribution >= 4 is 35.1 Å². The van der Waals surface area contributed by atoms with Crippen LogP contribution in [0.25, 0.3) is 0 Å².